The van der Waals surface area contributed by atoms with E-state index in [0.29, 0.717) is 11.4 Å². The molecule has 1 aromatic heterocycles. The van der Waals surface area contributed by atoms with E-state index in [-0.39, 0.29) is 11.8 Å². The number of aromatic nitrogens is 2. The number of anilines is 4. The fourth-order valence-electron chi connectivity index (χ4n) is 3.17. The molecule has 2 N–H and O–H groups in total. The van der Waals surface area contributed by atoms with Crippen LogP contribution in [0.2, 0.25) is 0 Å². The summed E-state index contributed by atoms with van der Waals surface area (Å²) < 4.78 is 40.6. The van der Waals surface area contributed by atoms with E-state index in [1.807, 2.05) is 43.3 Å². The highest BCUT2D eigenvalue weighted by Crippen LogP contribution is 2.36. The maximum Gasteiger partial charge on any atom is 0.421 e. The van der Waals surface area contributed by atoms with Crippen LogP contribution < -0.4 is 10.6 Å². The summed E-state index contributed by atoms with van der Waals surface area (Å²) in [4.78, 5) is 8.01. The van der Waals surface area contributed by atoms with Crippen LogP contribution in [0.3, 0.4) is 0 Å². The number of aryl methyl sites for hydroxylation is 2. The molecule has 0 amide bonds. The Balaban J connectivity index is 1.91. The Morgan fingerprint density at radius 2 is 1.57 bits per heavy atom. The first-order valence-corrected chi connectivity index (χ1v) is 10.1. The van der Waals surface area contributed by atoms with Gasteiger partial charge in [0.15, 0.2) is 0 Å². The van der Waals surface area contributed by atoms with E-state index in [2.05, 4.69) is 27.5 Å². The number of nitrogens with one attached hydrogen (secondary N) is 2. The Hall–Kier alpha value is -3.09. The van der Waals surface area contributed by atoms with Crippen LogP contribution in [0.4, 0.5) is 36.3 Å². The first-order chi connectivity index (χ1) is 14.4. The molecule has 0 radical (unpaired) electrons. The summed E-state index contributed by atoms with van der Waals surface area (Å²) in [7, 11) is 0. The van der Waals surface area contributed by atoms with Crippen molar-refractivity contribution in [2.45, 2.75) is 45.7 Å². The zero-order valence-electron chi connectivity index (χ0n) is 17.1. The molecule has 0 saturated carbocycles. The number of halogens is 3. The SMILES string of the molecule is CCCc1ccc(Nc2ncc(C(F)(F)F)c(Nc3ccccc3CCC)n2)cc1. The Labute approximate surface area is 174 Å². The quantitative estimate of drug-likeness (QED) is 0.421. The van der Waals surface area contributed by atoms with Crippen LogP contribution >= 0.6 is 0 Å². The lowest BCUT2D eigenvalue weighted by molar-refractivity contribution is -0.137. The Kier molecular flexibility index (Phi) is 6.92. The molecule has 0 atom stereocenters. The zero-order valence-corrected chi connectivity index (χ0v) is 17.1. The number of alkyl halides is 3. The number of hydrogen-bond acceptors (Lipinski definition) is 4. The van der Waals surface area contributed by atoms with Crippen LogP contribution in [0.1, 0.15) is 43.4 Å². The first-order valence-electron chi connectivity index (χ1n) is 10.1. The van der Waals surface area contributed by atoms with Crippen LogP contribution in [-0.2, 0) is 19.0 Å². The molecule has 2 aromatic carbocycles. The van der Waals surface area contributed by atoms with Gasteiger partial charge in [-0.2, -0.15) is 18.2 Å². The van der Waals surface area contributed by atoms with E-state index in [4.69, 9.17) is 0 Å². The molecular weight excluding hydrogens is 389 g/mol. The lowest BCUT2D eigenvalue weighted by atomic mass is 10.1. The lowest BCUT2D eigenvalue weighted by Crippen LogP contribution is -2.13. The standard InChI is InChI=1S/C23H25F3N4/c1-3-7-16-11-13-18(14-12-16)28-22-27-15-19(23(24,25)26)21(30-22)29-20-10-6-5-9-17(20)8-4-2/h5-6,9-15H,3-4,7-8H2,1-2H3,(H2,27,28,29,30). The van der Waals surface area contributed by atoms with E-state index in [1.165, 1.54) is 5.56 Å². The van der Waals surface area contributed by atoms with Crippen LogP contribution in [0.15, 0.2) is 54.7 Å². The van der Waals surface area contributed by atoms with Gasteiger partial charge in [0.1, 0.15) is 11.4 Å². The summed E-state index contributed by atoms with van der Waals surface area (Å²) in [5.74, 6) is -0.173. The molecule has 0 bridgehead atoms. The fraction of sp³-hybridized carbons (Fsp3) is 0.304. The van der Waals surface area contributed by atoms with Gasteiger partial charge in [0.25, 0.3) is 0 Å². The Bertz CT molecular complexity index is 969. The second-order valence-electron chi connectivity index (χ2n) is 7.06. The van der Waals surface area contributed by atoms with Crippen molar-refractivity contribution in [3.8, 4) is 0 Å². The second kappa shape index (κ2) is 9.61. The van der Waals surface area contributed by atoms with E-state index in [9.17, 15) is 13.2 Å². The highest BCUT2D eigenvalue weighted by Gasteiger charge is 2.35. The molecule has 0 spiro atoms. The Morgan fingerprint density at radius 3 is 2.23 bits per heavy atom. The van der Waals surface area contributed by atoms with Gasteiger partial charge in [-0.05, 0) is 42.2 Å². The van der Waals surface area contributed by atoms with Gasteiger partial charge in [-0.1, -0.05) is 57.0 Å². The topological polar surface area (TPSA) is 49.8 Å². The van der Waals surface area contributed by atoms with Crippen LogP contribution in [0, 0.1) is 0 Å². The molecule has 7 heteroatoms. The minimum absolute atomic E-state index is 0.0988. The smallest absolute Gasteiger partial charge is 0.339 e. The predicted molar refractivity (Wildman–Crippen MR) is 114 cm³/mol. The molecule has 4 nitrogen and oxygen atoms in total. The van der Waals surface area contributed by atoms with E-state index in [1.54, 1.807) is 12.1 Å². The monoisotopic (exact) mass is 414 g/mol. The van der Waals surface area contributed by atoms with Crippen molar-refractivity contribution in [2.75, 3.05) is 10.6 Å². The van der Waals surface area contributed by atoms with E-state index < -0.39 is 11.7 Å². The van der Waals surface area contributed by atoms with Gasteiger partial charge < -0.3 is 10.6 Å². The van der Waals surface area contributed by atoms with Crippen molar-refractivity contribution in [1.82, 2.24) is 9.97 Å². The van der Waals surface area contributed by atoms with Crippen molar-refractivity contribution in [3.05, 3.63) is 71.4 Å². The molecule has 1 heterocycles. The molecule has 0 aliphatic heterocycles. The highest BCUT2D eigenvalue weighted by atomic mass is 19.4. The van der Waals surface area contributed by atoms with Gasteiger partial charge in [-0.3, -0.25) is 0 Å². The van der Waals surface area contributed by atoms with Crippen LogP contribution in [-0.4, -0.2) is 9.97 Å². The summed E-state index contributed by atoms with van der Waals surface area (Å²) in [5, 5.41) is 5.86. The van der Waals surface area contributed by atoms with Crippen molar-refractivity contribution in [1.29, 1.82) is 0 Å². The molecule has 0 fully saturated rings. The summed E-state index contributed by atoms with van der Waals surface area (Å²) in [5.41, 5.74) is 2.56. The zero-order chi connectivity index (χ0) is 21.6. The van der Waals surface area contributed by atoms with Gasteiger partial charge in [0.05, 0.1) is 0 Å². The highest BCUT2D eigenvalue weighted by molar-refractivity contribution is 5.65. The molecule has 0 aliphatic rings. The molecule has 30 heavy (non-hydrogen) atoms. The third kappa shape index (κ3) is 5.49. The second-order valence-corrected chi connectivity index (χ2v) is 7.06. The number of hydrogen-bond donors (Lipinski definition) is 2. The maximum absolute atomic E-state index is 13.5. The van der Waals surface area contributed by atoms with Gasteiger partial charge in [-0.15, -0.1) is 0 Å². The summed E-state index contributed by atoms with van der Waals surface area (Å²) in [6.45, 7) is 4.13. The number of nitrogens with zero attached hydrogens (tertiary/aromatic N) is 2. The van der Waals surface area contributed by atoms with E-state index >= 15 is 0 Å². The van der Waals surface area contributed by atoms with Crippen LogP contribution in [0.25, 0.3) is 0 Å². The minimum Gasteiger partial charge on any atom is -0.339 e. The molecule has 0 aliphatic carbocycles. The maximum atomic E-state index is 13.5. The van der Waals surface area contributed by atoms with Gasteiger partial charge in [-0.25, -0.2) is 4.98 Å². The molecule has 0 saturated heterocycles. The molecule has 158 valence electrons. The minimum atomic E-state index is -4.57. The number of benzene rings is 2. The lowest BCUT2D eigenvalue weighted by Gasteiger charge is -2.17. The Morgan fingerprint density at radius 1 is 0.867 bits per heavy atom. The third-order valence-electron chi connectivity index (χ3n) is 4.63. The molecular formula is C23H25F3N4. The third-order valence-corrected chi connectivity index (χ3v) is 4.63. The fourth-order valence-corrected chi connectivity index (χ4v) is 3.17. The summed E-state index contributed by atoms with van der Waals surface area (Å²) >= 11 is 0. The predicted octanol–water partition coefficient (Wildman–Crippen LogP) is 6.89. The largest absolute Gasteiger partial charge is 0.421 e. The van der Waals surface area contributed by atoms with Gasteiger partial charge in [0, 0.05) is 17.6 Å². The first kappa shape index (κ1) is 21.6. The van der Waals surface area contributed by atoms with Gasteiger partial charge >= 0.3 is 6.18 Å². The van der Waals surface area contributed by atoms with Crippen LogP contribution in [0.5, 0.6) is 0 Å². The molecule has 3 rings (SSSR count). The van der Waals surface area contributed by atoms with Crippen molar-refractivity contribution < 1.29 is 13.2 Å². The molecule has 0 unspecified atom stereocenters. The normalized spacial score (nSPS) is 11.4. The average Bonchev–Trinajstić information content (AvgIpc) is 2.71. The van der Waals surface area contributed by atoms with Crippen molar-refractivity contribution in [3.63, 3.8) is 0 Å². The summed E-state index contributed by atoms with van der Waals surface area (Å²) in [6, 6.07) is 15.0. The average molecular weight is 414 g/mol. The van der Waals surface area contributed by atoms with E-state index in [0.717, 1.165) is 37.4 Å². The molecule has 3 aromatic rings. The summed E-state index contributed by atoms with van der Waals surface area (Å²) in [6.07, 6.45) is -0.0974. The van der Waals surface area contributed by atoms with Gasteiger partial charge in [0.2, 0.25) is 5.95 Å². The van der Waals surface area contributed by atoms with Crippen molar-refractivity contribution >= 4 is 23.1 Å². The van der Waals surface area contributed by atoms with Crippen molar-refractivity contribution in [2.24, 2.45) is 0 Å². The number of rotatable bonds is 8. The number of para-hydroxylation sites is 1.